The second kappa shape index (κ2) is 5.67. The zero-order valence-corrected chi connectivity index (χ0v) is 10.3. The molecular weight excluding hydrogens is 233 g/mol. The molecule has 1 atom stereocenters. The van der Waals surface area contributed by atoms with Gasteiger partial charge in [0.25, 0.3) is 0 Å². The summed E-state index contributed by atoms with van der Waals surface area (Å²) < 4.78 is 18.3. The van der Waals surface area contributed by atoms with Crippen molar-refractivity contribution in [3.05, 3.63) is 36.2 Å². The molecule has 1 aliphatic carbocycles. The lowest BCUT2D eigenvalue weighted by Crippen LogP contribution is -2.23. The third-order valence-corrected chi connectivity index (χ3v) is 3.06. The van der Waals surface area contributed by atoms with Crippen molar-refractivity contribution in [1.82, 2.24) is 0 Å². The summed E-state index contributed by atoms with van der Waals surface area (Å²) in [4.78, 5) is 11.9. The van der Waals surface area contributed by atoms with Crippen molar-refractivity contribution < 1.29 is 13.9 Å². The van der Waals surface area contributed by atoms with Crippen LogP contribution in [-0.2, 0) is 4.79 Å². The third kappa shape index (κ3) is 2.88. The Morgan fingerprint density at radius 1 is 1.44 bits per heavy atom. The summed E-state index contributed by atoms with van der Waals surface area (Å²) in [5.41, 5.74) is 0.466. The molecule has 1 unspecified atom stereocenters. The Balaban J connectivity index is 2.02. The van der Waals surface area contributed by atoms with Gasteiger partial charge in [0.1, 0.15) is 0 Å². The van der Waals surface area contributed by atoms with Gasteiger partial charge < -0.3 is 10.1 Å². The van der Waals surface area contributed by atoms with E-state index in [2.05, 4.69) is 11.4 Å². The van der Waals surface area contributed by atoms with E-state index in [-0.39, 0.29) is 17.6 Å². The number of ether oxygens (including phenoxy) is 1. The van der Waals surface area contributed by atoms with Gasteiger partial charge in [-0.1, -0.05) is 12.2 Å². The van der Waals surface area contributed by atoms with Crippen LogP contribution in [0.25, 0.3) is 0 Å². The van der Waals surface area contributed by atoms with E-state index in [0.717, 1.165) is 19.3 Å². The fourth-order valence-corrected chi connectivity index (χ4v) is 2.02. The van der Waals surface area contributed by atoms with Crippen LogP contribution >= 0.6 is 0 Å². The highest BCUT2D eigenvalue weighted by Crippen LogP contribution is 2.23. The zero-order valence-electron chi connectivity index (χ0n) is 10.3. The summed E-state index contributed by atoms with van der Waals surface area (Å²) in [6.45, 7) is 0. The van der Waals surface area contributed by atoms with Crippen LogP contribution < -0.4 is 10.1 Å². The van der Waals surface area contributed by atoms with Crippen LogP contribution in [0, 0.1) is 11.7 Å². The van der Waals surface area contributed by atoms with Gasteiger partial charge >= 0.3 is 0 Å². The summed E-state index contributed by atoms with van der Waals surface area (Å²) in [5.74, 6) is -0.364. The maximum absolute atomic E-state index is 13.5. The van der Waals surface area contributed by atoms with E-state index >= 15 is 0 Å². The van der Waals surface area contributed by atoms with Crippen LogP contribution in [0.1, 0.15) is 19.3 Å². The number of halogens is 1. The van der Waals surface area contributed by atoms with Crippen molar-refractivity contribution in [3.8, 4) is 5.75 Å². The number of hydrogen-bond acceptors (Lipinski definition) is 2. The van der Waals surface area contributed by atoms with Gasteiger partial charge in [-0.25, -0.2) is 4.39 Å². The molecule has 3 nitrogen and oxygen atoms in total. The number of nitrogens with one attached hydrogen (secondary N) is 1. The van der Waals surface area contributed by atoms with Gasteiger partial charge in [0, 0.05) is 17.7 Å². The quantitative estimate of drug-likeness (QED) is 0.836. The van der Waals surface area contributed by atoms with Crippen LogP contribution in [0.2, 0.25) is 0 Å². The topological polar surface area (TPSA) is 38.3 Å². The van der Waals surface area contributed by atoms with Crippen molar-refractivity contribution in [2.24, 2.45) is 5.92 Å². The first-order valence-electron chi connectivity index (χ1n) is 6.00. The van der Waals surface area contributed by atoms with Crippen molar-refractivity contribution in [2.45, 2.75) is 19.3 Å². The van der Waals surface area contributed by atoms with Crippen LogP contribution in [0.4, 0.5) is 10.1 Å². The predicted molar refractivity (Wildman–Crippen MR) is 68.1 cm³/mol. The Hall–Kier alpha value is -1.84. The molecule has 0 aliphatic heterocycles. The minimum absolute atomic E-state index is 0.0137. The predicted octanol–water partition coefficient (Wildman–Crippen LogP) is 3.13. The number of carbonyl (C=O) groups is 1. The molecule has 0 heterocycles. The smallest absolute Gasteiger partial charge is 0.227 e. The van der Waals surface area contributed by atoms with E-state index in [4.69, 9.17) is 4.74 Å². The molecule has 0 saturated carbocycles. The standard InChI is InChI=1S/C14H16FNO2/c1-18-13-8-7-11(9-12(13)15)16-14(17)10-5-3-2-4-6-10/h2-3,7-10H,4-6H2,1H3,(H,16,17). The van der Waals surface area contributed by atoms with Crippen molar-refractivity contribution in [1.29, 1.82) is 0 Å². The maximum Gasteiger partial charge on any atom is 0.227 e. The first kappa shape index (κ1) is 12.6. The SMILES string of the molecule is COc1ccc(NC(=O)C2CC=CCC2)cc1F. The largest absolute Gasteiger partial charge is 0.494 e. The normalized spacial score (nSPS) is 18.4. The van der Waals surface area contributed by atoms with E-state index in [1.807, 2.05) is 6.08 Å². The van der Waals surface area contributed by atoms with Gasteiger partial charge in [-0.05, 0) is 31.4 Å². The van der Waals surface area contributed by atoms with Gasteiger partial charge in [0.15, 0.2) is 11.6 Å². The highest BCUT2D eigenvalue weighted by molar-refractivity contribution is 5.92. The first-order chi connectivity index (χ1) is 8.70. The minimum atomic E-state index is -0.473. The molecule has 0 radical (unpaired) electrons. The van der Waals surface area contributed by atoms with Crippen LogP contribution in [0.5, 0.6) is 5.75 Å². The number of amides is 1. The van der Waals surface area contributed by atoms with Gasteiger partial charge in [0.2, 0.25) is 5.91 Å². The lowest BCUT2D eigenvalue weighted by molar-refractivity contribution is -0.120. The molecule has 0 aromatic heterocycles. The Labute approximate surface area is 106 Å². The average Bonchev–Trinajstić information content (AvgIpc) is 2.40. The Bertz CT molecular complexity index is 471. The highest BCUT2D eigenvalue weighted by atomic mass is 19.1. The number of anilines is 1. The first-order valence-corrected chi connectivity index (χ1v) is 6.00. The van der Waals surface area contributed by atoms with Gasteiger partial charge in [-0.3, -0.25) is 4.79 Å². The van der Waals surface area contributed by atoms with Crippen LogP contribution in [0.3, 0.4) is 0 Å². The van der Waals surface area contributed by atoms with E-state index in [1.54, 1.807) is 6.07 Å². The lowest BCUT2D eigenvalue weighted by atomic mass is 9.93. The van der Waals surface area contributed by atoms with E-state index in [9.17, 15) is 9.18 Å². The average molecular weight is 249 g/mol. The molecule has 0 spiro atoms. The molecule has 0 saturated heterocycles. The molecule has 1 aliphatic rings. The van der Waals surface area contributed by atoms with Gasteiger partial charge in [-0.15, -0.1) is 0 Å². The lowest BCUT2D eigenvalue weighted by Gasteiger charge is -2.17. The summed E-state index contributed by atoms with van der Waals surface area (Å²) >= 11 is 0. The Morgan fingerprint density at radius 3 is 2.89 bits per heavy atom. The van der Waals surface area contributed by atoms with Crippen molar-refractivity contribution in [2.75, 3.05) is 12.4 Å². The number of allylic oxidation sites excluding steroid dienone is 2. The van der Waals surface area contributed by atoms with Crippen LogP contribution in [0.15, 0.2) is 30.4 Å². The summed E-state index contributed by atoms with van der Waals surface area (Å²) in [5, 5.41) is 2.74. The molecular formula is C14H16FNO2. The Kier molecular flexibility index (Phi) is 3.97. The molecule has 0 bridgehead atoms. The maximum atomic E-state index is 13.5. The summed E-state index contributed by atoms with van der Waals surface area (Å²) in [6.07, 6.45) is 6.62. The van der Waals surface area contributed by atoms with Crippen molar-refractivity contribution in [3.63, 3.8) is 0 Å². The summed E-state index contributed by atoms with van der Waals surface area (Å²) in [6, 6.07) is 4.42. The fourth-order valence-electron chi connectivity index (χ4n) is 2.02. The number of methoxy groups -OCH3 is 1. The monoisotopic (exact) mass is 249 g/mol. The molecule has 4 heteroatoms. The minimum Gasteiger partial charge on any atom is -0.494 e. The molecule has 18 heavy (non-hydrogen) atoms. The van der Waals surface area contributed by atoms with Gasteiger partial charge in [-0.2, -0.15) is 0 Å². The van der Waals surface area contributed by atoms with Crippen molar-refractivity contribution >= 4 is 11.6 Å². The number of benzene rings is 1. The number of rotatable bonds is 3. The fraction of sp³-hybridized carbons (Fsp3) is 0.357. The van der Waals surface area contributed by atoms with E-state index in [0.29, 0.717) is 5.69 Å². The molecule has 0 fully saturated rings. The second-order valence-corrected chi connectivity index (χ2v) is 4.32. The summed E-state index contributed by atoms with van der Waals surface area (Å²) in [7, 11) is 1.41. The molecule has 1 aromatic carbocycles. The highest BCUT2D eigenvalue weighted by Gasteiger charge is 2.18. The molecule has 1 aromatic rings. The molecule has 2 rings (SSSR count). The third-order valence-electron chi connectivity index (χ3n) is 3.06. The second-order valence-electron chi connectivity index (χ2n) is 4.32. The van der Waals surface area contributed by atoms with E-state index in [1.165, 1.54) is 19.2 Å². The van der Waals surface area contributed by atoms with E-state index < -0.39 is 5.82 Å². The molecule has 1 amide bonds. The zero-order chi connectivity index (χ0) is 13.0. The number of carbonyl (C=O) groups excluding carboxylic acids is 1. The number of hydrogen-bond donors (Lipinski definition) is 1. The Morgan fingerprint density at radius 2 is 2.28 bits per heavy atom. The molecule has 1 N–H and O–H groups in total. The molecule has 96 valence electrons. The van der Waals surface area contributed by atoms with Crippen LogP contribution in [-0.4, -0.2) is 13.0 Å². The van der Waals surface area contributed by atoms with Gasteiger partial charge in [0.05, 0.1) is 7.11 Å².